The van der Waals surface area contributed by atoms with Gasteiger partial charge in [0, 0.05) is 30.8 Å². The molecule has 2 N–H and O–H groups in total. The van der Waals surface area contributed by atoms with Crippen LogP contribution < -0.4 is 15.5 Å². The molecular formula is C19H19FN4O3. The summed E-state index contributed by atoms with van der Waals surface area (Å²) in [6, 6.07) is 6.59. The molecule has 0 saturated carbocycles. The number of rotatable bonds is 4. The first-order valence-electron chi connectivity index (χ1n) is 8.76. The summed E-state index contributed by atoms with van der Waals surface area (Å²) in [4.78, 5) is 28.8. The van der Waals surface area contributed by atoms with Crippen molar-refractivity contribution in [3.63, 3.8) is 0 Å². The first-order valence-corrected chi connectivity index (χ1v) is 8.76. The van der Waals surface area contributed by atoms with E-state index in [0.717, 1.165) is 24.3 Å². The summed E-state index contributed by atoms with van der Waals surface area (Å²) >= 11 is 0. The van der Waals surface area contributed by atoms with E-state index in [1.54, 1.807) is 18.3 Å². The Balaban J connectivity index is 1.53. The quantitative estimate of drug-likeness (QED) is 0.863. The van der Waals surface area contributed by atoms with Crippen LogP contribution in [0.4, 0.5) is 20.7 Å². The molecule has 7 nitrogen and oxygen atoms in total. The average Bonchev–Trinajstić information content (AvgIpc) is 3.25. The Morgan fingerprint density at radius 1 is 1.44 bits per heavy atom. The first kappa shape index (κ1) is 17.3. The molecule has 140 valence electrons. The predicted molar refractivity (Wildman–Crippen MR) is 98.1 cm³/mol. The minimum Gasteiger partial charge on any atom is -0.442 e. The largest absolute Gasteiger partial charge is 0.442 e. The standard InChI is InChI=1S/C19H19FN4O3/c1-11(25)22-9-15-10-24(19(26)27-15)14-2-3-16(17(20)7-14)13-6-12-4-5-21-18(12)23-8-13/h2-3,6-8,15H,4-5,9-10H2,1H3,(H,21,23)(H,22,25)/t15-/m0/s1. The van der Waals surface area contributed by atoms with Crippen LogP contribution in [0.3, 0.4) is 0 Å². The number of nitrogens with zero attached hydrogens (tertiary/aromatic N) is 2. The van der Waals surface area contributed by atoms with Crippen LogP contribution in [0.2, 0.25) is 0 Å². The van der Waals surface area contributed by atoms with Crippen LogP contribution >= 0.6 is 0 Å². The van der Waals surface area contributed by atoms with Gasteiger partial charge in [-0.1, -0.05) is 0 Å². The lowest BCUT2D eigenvalue weighted by molar-refractivity contribution is -0.119. The number of carbonyl (C=O) groups is 2. The smallest absolute Gasteiger partial charge is 0.414 e. The van der Waals surface area contributed by atoms with Crippen molar-refractivity contribution < 1.29 is 18.7 Å². The lowest BCUT2D eigenvalue weighted by Crippen LogP contribution is -2.33. The molecule has 1 atom stereocenters. The van der Waals surface area contributed by atoms with Crippen LogP contribution in [-0.4, -0.2) is 42.7 Å². The van der Waals surface area contributed by atoms with Crippen molar-refractivity contribution in [3.05, 3.63) is 41.8 Å². The lowest BCUT2D eigenvalue weighted by atomic mass is 10.0. The van der Waals surface area contributed by atoms with E-state index in [4.69, 9.17) is 4.74 Å². The van der Waals surface area contributed by atoms with E-state index in [9.17, 15) is 14.0 Å². The molecule has 1 aromatic heterocycles. The fourth-order valence-corrected chi connectivity index (χ4v) is 3.33. The molecule has 0 radical (unpaired) electrons. The maximum Gasteiger partial charge on any atom is 0.414 e. The SMILES string of the molecule is CC(=O)NC[C@H]1CN(c2ccc(-c3cnc4c(c3)CCN4)c(F)c2)C(=O)O1. The number of pyridine rings is 1. The number of benzene rings is 1. The molecule has 1 fully saturated rings. The predicted octanol–water partition coefficient (Wildman–Crippen LogP) is 2.32. The summed E-state index contributed by atoms with van der Waals surface area (Å²) in [5.74, 6) is 0.220. The van der Waals surface area contributed by atoms with Crippen molar-refractivity contribution >= 4 is 23.5 Å². The number of hydrogen-bond donors (Lipinski definition) is 2. The van der Waals surface area contributed by atoms with Gasteiger partial charge in [0.15, 0.2) is 0 Å². The maximum atomic E-state index is 14.7. The van der Waals surface area contributed by atoms with E-state index < -0.39 is 18.0 Å². The van der Waals surface area contributed by atoms with Crippen molar-refractivity contribution in [3.8, 4) is 11.1 Å². The van der Waals surface area contributed by atoms with Gasteiger partial charge in [-0.3, -0.25) is 9.69 Å². The zero-order chi connectivity index (χ0) is 19.0. The molecule has 0 aliphatic carbocycles. The molecule has 2 amide bonds. The van der Waals surface area contributed by atoms with E-state index in [0.29, 0.717) is 16.8 Å². The normalized spacial score (nSPS) is 18.1. The Morgan fingerprint density at radius 3 is 3.07 bits per heavy atom. The third-order valence-corrected chi connectivity index (χ3v) is 4.68. The number of halogens is 1. The van der Waals surface area contributed by atoms with E-state index in [1.165, 1.54) is 17.9 Å². The number of cyclic esters (lactones) is 1. The van der Waals surface area contributed by atoms with E-state index >= 15 is 0 Å². The van der Waals surface area contributed by atoms with Gasteiger partial charge in [0.25, 0.3) is 0 Å². The average molecular weight is 370 g/mol. The van der Waals surface area contributed by atoms with Gasteiger partial charge in [0.05, 0.1) is 18.8 Å². The van der Waals surface area contributed by atoms with Crippen molar-refractivity contribution in [2.75, 3.05) is 29.9 Å². The molecule has 2 aliphatic rings. The highest BCUT2D eigenvalue weighted by Crippen LogP contribution is 2.31. The van der Waals surface area contributed by atoms with Crippen LogP contribution in [-0.2, 0) is 16.0 Å². The van der Waals surface area contributed by atoms with Gasteiger partial charge in [-0.25, -0.2) is 14.2 Å². The molecule has 27 heavy (non-hydrogen) atoms. The summed E-state index contributed by atoms with van der Waals surface area (Å²) in [6.45, 7) is 2.72. The molecular weight excluding hydrogens is 351 g/mol. The summed E-state index contributed by atoms with van der Waals surface area (Å²) < 4.78 is 20.0. The lowest BCUT2D eigenvalue weighted by Gasteiger charge is -2.14. The van der Waals surface area contributed by atoms with Crippen molar-refractivity contribution in [2.24, 2.45) is 0 Å². The number of amides is 2. The summed E-state index contributed by atoms with van der Waals surface area (Å²) in [5.41, 5.74) is 2.62. The topological polar surface area (TPSA) is 83.6 Å². The molecule has 0 unspecified atom stereocenters. The minimum atomic E-state index is -0.553. The monoisotopic (exact) mass is 370 g/mol. The number of fused-ring (bicyclic) bond motifs is 1. The van der Waals surface area contributed by atoms with Gasteiger partial charge in [0.2, 0.25) is 5.91 Å². The zero-order valence-electron chi connectivity index (χ0n) is 14.8. The number of nitrogens with one attached hydrogen (secondary N) is 2. The van der Waals surface area contributed by atoms with Gasteiger partial charge in [0.1, 0.15) is 17.7 Å². The fraction of sp³-hybridized carbons (Fsp3) is 0.316. The van der Waals surface area contributed by atoms with Crippen molar-refractivity contribution in [2.45, 2.75) is 19.4 Å². The number of hydrogen-bond acceptors (Lipinski definition) is 5. The van der Waals surface area contributed by atoms with Crippen LogP contribution in [0.25, 0.3) is 11.1 Å². The molecule has 3 heterocycles. The van der Waals surface area contributed by atoms with E-state index in [-0.39, 0.29) is 19.0 Å². The van der Waals surface area contributed by atoms with Crippen LogP contribution in [0.15, 0.2) is 30.5 Å². The van der Waals surface area contributed by atoms with Gasteiger partial charge in [-0.05, 0) is 36.2 Å². The molecule has 0 bridgehead atoms. The maximum absolute atomic E-state index is 14.7. The fourth-order valence-electron chi connectivity index (χ4n) is 3.33. The summed E-state index contributed by atoms with van der Waals surface area (Å²) in [6.07, 6.45) is 1.49. The molecule has 4 rings (SSSR count). The van der Waals surface area contributed by atoms with E-state index in [1.807, 2.05) is 6.07 Å². The third-order valence-electron chi connectivity index (χ3n) is 4.68. The zero-order valence-corrected chi connectivity index (χ0v) is 14.8. The van der Waals surface area contributed by atoms with E-state index in [2.05, 4.69) is 15.6 Å². The summed E-state index contributed by atoms with van der Waals surface area (Å²) in [7, 11) is 0. The third kappa shape index (κ3) is 3.42. The second-order valence-corrected chi connectivity index (χ2v) is 6.63. The summed E-state index contributed by atoms with van der Waals surface area (Å²) in [5, 5.41) is 5.79. The first-order chi connectivity index (χ1) is 13.0. The Hall–Kier alpha value is -3.16. The Bertz CT molecular complexity index is 918. The highest BCUT2D eigenvalue weighted by Gasteiger charge is 2.32. The second kappa shape index (κ2) is 6.86. The van der Waals surface area contributed by atoms with Gasteiger partial charge in [-0.2, -0.15) is 0 Å². The Labute approximate surface area is 155 Å². The second-order valence-electron chi connectivity index (χ2n) is 6.63. The number of aromatic nitrogens is 1. The van der Waals surface area contributed by atoms with Crippen LogP contribution in [0, 0.1) is 5.82 Å². The van der Waals surface area contributed by atoms with Gasteiger partial charge < -0.3 is 15.4 Å². The molecule has 0 spiro atoms. The van der Waals surface area contributed by atoms with Crippen LogP contribution in [0.1, 0.15) is 12.5 Å². The highest BCUT2D eigenvalue weighted by molar-refractivity contribution is 5.90. The molecule has 2 aromatic rings. The van der Waals surface area contributed by atoms with Crippen LogP contribution in [0.5, 0.6) is 0 Å². The molecule has 1 saturated heterocycles. The minimum absolute atomic E-state index is 0.196. The Kier molecular flexibility index (Phi) is 4.39. The number of ether oxygens (including phenoxy) is 1. The molecule has 8 heteroatoms. The Morgan fingerprint density at radius 2 is 2.30 bits per heavy atom. The van der Waals surface area contributed by atoms with Crippen molar-refractivity contribution in [1.29, 1.82) is 0 Å². The van der Waals surface area contributed by atoms with Crippen molar-refractivity contribution in [1.82, 2.24) is 10.3 Å². The number of carbonyl (C=O) groups excluding carboxylic acids is 2. The van der Waals surface area contributed by atoms with Gasteiger partial charge in [-0.15, -0.1) is 0 Å². The molecule has 2 aliphatic heterocycles. The highest BCUT2D eigenvalue weighted by atomic mass is 19.1. The van der Waals surface area contributed by atoms with Gasteiger partial charge >= 0.3 is 6.09 Å². The number of anilines is 2. The molecule has 1 aromatic carbocycles.